The summed E-state index contributed by atoms with van der Waals surface area (Å²) in [5, 5.41) is 12.1. The molecule has 0 aromatic carbocycles. The Bertz CT molecular complexity index is 509. The lowest BCUT2D eigenvalue weighted by Crippen LogP contribution is -2.56. The first-order chi connectivity index (χ1) is 11.9. The van der Waals surface area contributed by atoms with Crippen molar-refractivity contribution in [1.82, 2.24) is 20.0 Å². The van der Waals surface area contributed by atoms with Crippen LogP contribution in [0.5, 0.6) is 0 Å². The first kappa shape index (κ1) is 18.5. The normalized spacial score (nSPS) is 32.8. The van der Waals surface area contributed by atoms with Crippen molar-refractivity contribution in [3.63, 3.8) is 0 Å². The van der Waals surface area contributed by atoms with Crippen molar-refractivity contribution in [2.24, 2.45) is 5.41 Å². The van der Waals surface area contributed by atoms with Gasteiger partial charge in [-0.15, -0.1) is 0 Å². The summed E-state index contributed by atoms with van der Waals surface area (Å²) in [5.74, 6) is -0.783. The molecule has 0 aromatic rings. The van der Waals surface area contributed by atoms with Gasteiger partial charge in [-0.2, -0.15) is 0 Å². The molecule has 2 saturated heterocycles. The van der Waals surface area contributed by atoms with Gasteiger partial charge in [-0.05, 0) is 52.2 Å². The molecule has 7 nitrogen and oxygen atoms in total. The SMILES string of the molecule is CCN(CC(=O)O)C1CC(NC(=O)N2CCC3(CCCN(C)C3)C2)C1. The highest BCUT2D eigenvalue weighted by atomic mass is 16.4. The predicted octanol–water partition coefficient (Wildman–Crippen LogP) is 1.05. The minimum Gasteiger partial charge on any atom is -0.480 e. The Kier molecular flexibility index (Phi) is 5.53. The van der Waals surface area contributed by atoms with Gasteiger partial charge in [-0.3, -0.25) is 9.69 Å². The Morgan fingerprint density at radius 2 is 2.00 bits per heavy atom. The second-order valence-electron chi connectivity index (χ2n) is 8.24. The fraction of sp³-hybridized carbons (Fsp3) is 0.889. The second-order valence-corrected chi connectivity index (χ2v) is 8.24. The van der Waals surface area contributed by atoms with E-state index in [4.69, 9.17) is 5.11 Å². The third-order valence-corrected chi connectivity index (χ3v) is 6.28. The van der Waals surface area contributed by atoms with E-state index < -0.39 is 5.97 Å². The molecular formula is C18H32N4O3. The van der Waals surface area contributed by atoms with E-state index in [0.717, 1.165) is 45.4 Å². The quantitative estimate of drug-likeness (QED) is 0.774. The molecule has 3 rings (SSSR count). The maximum absolute atomic E-state index is 12.6. The average molecular weight is 352 g/mol. The van der Waals surface area contributed by atoms with Gasteiger partial charge in [0.2, 0.25) is 0 Å². The molecule has 2 amide bonds. The number of carbonyl (C=O) groups excluding carboxylic acids is 1. The Labute approximate surface area is 150 Å². The monoisotopic (exact) mass is 352 g/mol. The van der Waals surface area contributed by atoms with Gasteiger partial charge in [-0.1, -0.05) is 6.92 Å². The predicted molar refractivity (Wildman–Crippen MR) is 95.6 cm³/mol. The molecule has 142 valence electrons. The number of rotatable bonds is 5. The van der Waals surface area contributed by atoms with Crippen LogP contribution in [0.4, 0.5) is 4.79 Å². The van der Waals surface area contributed by atoms with E-state index in [1.807, 2.05) is 16.7 Å². The Balaban J connectivity index is 1.43. The van der Waals surface area contributed by atoms with Crippen LogP contribution in [0.1, 0.15) is 39.0 Å². The summed E-state index contributed by atoms with van der Waals surface area (Å²) >= 11 is 0. The largest absolute Gasteiger partial charge is 0.480 e. The third-order valence-electron chi connectivity index (χ3n) is 6.28. The van der Waals surface area contributed by atoms with Crippen LogP contribution < -0.4 is 5.32 Å². The molecule has 1 spiro atoms. The maximum Gasteiger partial charge on any atom is 0.317 e. The van der Waals surface area contributed by atoms with Crippen molar-refractivity contribution >= 4 is 12.0 Å². The summed E-state index contributed by atoms with van der Waals surface area (Å²) in [6.45, 7) is 6.81. The Hall–Kier alpha value is -1.34. The smallest absolute Gasteiger partial charge is 0.317 e. The third kappa shape index (κ3) is 4.26. The van der Waals surface area contributed by atoms with Crippen molar-refractivity contribution in [2.45, 2.75) is 51.1 Å². The molecule has 2 heterocycles. The van der Waals surface area contributed by atoms with Crippen LogP contribution in [0.15, 0.2) is 0 Å². The number of nitrogens with zero attached hydrogens (tertiary/aromatic N) is 3. The number of urea groups is 1. The topological polar surface area (TPSA) is 76.1 Å². The lowest BCUT2D eigenvalue weighted by atomic mass is 9.79. The molecule has 3 fully saturated rings. The van der Waals surface area contributed by atoms with Crippen LogP contribution >= 0.6 is 0 Å². The molecule has 1 atom stereocenters. The van der Waals surface area contributed by atoms with E-state index in [2.05, 4.69) is 17.3 Å². The number of aliphatic carboxylic acids is 1. The number of amides is 2. The standard InChI is InChI=1S/C18H32N4O3/c1-3-21(11-16(23)24)15-9-14(10-15)19-17(25)22-8-6-18(13-22)5-4-7-20(2)12-18/h14-15H,3-13H2,1-2H3,(H,19,25)(H,23,24). The summed E-state index contributed by atoms with van der Waals surface area (Å²) in [7, 11) is 2.18. The van der Waals surface area contributed by atoms with Crippen LogP contribution in [0.2, 0.25) is 0 Å². The van der Waals surface area contributed by atoms with Crippen molar-refractivity contribution in [3.8, 4) is 0 Å². The van der Waals surface area contributed by atoms with Crippen LogP contribution in [0.3, 0.4) is 0 Å². The van der Waals surface area contributed by atoms with Gasteiger partial charge in [-0.25, -0.2) is 4.79 Å². The number of piperidine rings is 1. The minimum absolute atomic E-state index is 0.0647. The number of carboxylic acids is 1. The number of carbonyl (C=O) groups is 2. The fourth-order valence-electron chi connectivity index (χ4n) is 4.84. The van der Waals surface area contributed by atoms with E-state index in [1.54, 1.807) is 0 Å². The Morgan fingerprint density at radius 3 is 2.64 bits per heavy atom. The first-order valence-corrected chi connectivity index (χ1v) is 9.60. The fourth-order valence-corrected chi connectivity index (χ4v) is 4.84. The summed E-state index contributed by atoms with van der Waals surface area (Å²) in [4.78, 5) is 29.8. The van der Waals surface area contributed by atoms with Crippen molar-refractivity contribution in [2.75, 3.05) is 46.3 Å². The molecule has 0 radical (unpaired) electrons. The molecule has 1 saturated carbocycles. The van der Waals surface area contributed by atoms with Crippen LogP contribution in [-0.2, 0) is 4.79 Å². The summed E-state index contributed by atoms with van der Waals surface area (Å²) in [6.07, 6.45) is 5.28. The maximum atomic E-state index is 12.6. The van der Waals surface area contributed by atoms with E-state index >= 15 is 0 Å². The Morgan fingerprint density at radius 1 is 1.24 bits per heavy atom. The van der Waals surface area contributed by atoms with Gasteiger partial charge in [0.25, 0.3) is 0 Å². The van der Waals surface area contributed by atoms with Crippen molar-refractivity contribution in [3.05, 3.63) is 0 Å². The molecule has 0 bridgehead atoms. The number of likely N-dealkylation sites (tertiary alicyclic amines) is 2. The van der Waals surface area contributed by atoms with Crippen LogP contribution in [-0.4, -0.2) is 90.2 Å². The summed E-state index contributed by atoms with van der Waals surface area (Å²) < 4.78 is 0. The van der Waals surface area contributed by atoms with Gasteiger partial charge in [0.1, 0.15) is 0 Å². The number of likely N-dealkylation sites (N-methyl/N-ethyl adjacent to an activating group) is 1. The first-order valence-electron chi connectivity index (χ1n) is 9.60. The molecule has 2 aliphatic heterocycles. The summed E-state index contributed by atoms with van der Waals surface area (Å²) in [5.41, 5.74) is 0.299. The molecule has 1 unspecified atom stereocenters. The van der Waals surface area contributed by atoms with Gasteiger partial charge in [0.15, 0.2) is 0 Å². The highest BCUT2D eigenvalue weighted by molar-refractivity contribution is 5.75. The van der Waals surface area contributed by atoms with Gasteiger partial charge < -0.3 is 20.2 Å². The molecule has 2 N–H and O–H groups in total. The number of hydrogen-bond acceptors (Lipinski definition) is 4. The van der Waals surface area contributed by atoms with E-state index in [0.29, 0.717) is 5.41 Å². The lowest BCUT2D eigenvalue weighted by Gasteiger charge is -2.43. The van der Waals surface area contributed by atoms with Crippen molar-refractivity contribution in [1.29, 1.82) is 0 Å². The zero-order valence-corrected chi connectivity index (χ0v) is 15.5. The molecule has 25 heavy (non-hydrogen) atoms. The summed E-state index contributed by atoms with van der Waals surface area (Å²) in [6, 6.07) is 0.532. The van der Waals surface area contributed by atoms with Gasteiger partial charge in [0, 0.05) is 37.1 Å². The molecular weight excluding hydrogens is 320 g/mol. The molecule has 0 aromatic heterocycles. The zero-order chi connectivity index (χ0) is 18.0. The number of hydrogen-bond donors (Lipinski definition) is 2. The zero-order valence-electron chi connectivity index (χ0n) is 15.5. The van der Waals surface area contributed by atoms with Crippen molar-refractivity contribution < 1.29 is 14.7 Å². The van der Waals surface area contributed by atoms with Gasteiger partial charge >= 0.3 is 12.0 Å². The minimum atomic E-state index is -0.783. The van der Waals surface area contributed by atoms with Gasteiger partial charge in [0.05, 0.1) is 6.54 Å². The van der Waals surface area contributed by atoms with E-state index in [-0.39, 0.29) is 24.7 Å². The molecule has 3 aliphatic rings. The molecule has 1 aliphatic carbocycles. The average Bonchev–Trinajstić information content (AvgIpc) is 2.91. The number of carboxylic acid groups (broad SMARTS) is 1. The van der Waals surface area contributed by atoms with Crippen LogP contribution in [0, 0.1) is 5.41 Å². The second kappa shape index (κ2) is 7.50. The molecule has 7 heteroatoms. The highest BCUT2D eigenvalue weighted by Gasteiger charge is 2.43. The lowest BCUT2D eigenvalue weighted by molar-refractivity contribution is -0.139. The number of nitrogens with one attached hydrogen (secondary N) is 1. The highest BCUT2D eigenvalue weighted by Crippen LogP contribution is 2.38. The van der Waals surface area contributed by atoms with Crippen LogP contribution in [0.25, 0.3) is 0 Å². The van der Waals surface area contributed by atoms with E-state index in [9.17, 15) is 9.59 Å². The van der Waals surface area contributed by atoms with E-state index in [1.165, 1.54) is 19.4 Å².